The van der Waals surface area contributed by atoms with Crippen molar-refractivity contribution in [2.45, 2.75) is 25.0 Å². The SMILES string of the molecule is O=c1cc(CN2CCC(O)(CO)CC2)oc2ccc(C#Cc3ccc(-c4ccc(Cl)cc4)cn3)cc12. The molecule has 1 aliphatic rings. The normalized spacial score (nSPS) is 15.4. The topological polar surface area (TPSA) is 86.8 Å². The van der Waals surface area contributed by atoms with Gasteiger partial charge in [0, 0.05) is 41.5 Å². The van der Waals surface area contributed by atoms with Crippen LogP contribution in [0.4, 0.5) is 0 Å². The van der Waals surface area contributed by atoms with Gasteiger partial charge in [-0.25, -0.2) is 4.98 Å². The van der Waals surface area contributed by atoms with E-state index in [1.54, 1.807) is 18.3 Å². The molecule has 36 heavy (non-hydrogen) atoms. The first-order valence-corrected chi connectivity index (χ1v) is 12.1. The number of aliphatic hydroxyl groups is 2. The van der Waals surface area contributed by atoms with E-state index >= 15 is 0 Å². The molecule has 2 aromatic heterocycles. The summed E-state index contributed by atoms with van der Waals surface area (Å²) in [6, 6.07) is 18.2. The third-order valence-corrected chi connectivity index (χ3v) is 6.77. The van der Waals surface area contributed by atoms with Gasteiger partial charge in [-0.3, -0.25) is 9.69 Å². The van der Waals surface area contributed by atoms with Crippen molar-refractivity contribution in [1.29, 1.82) is 0 Å². The Morgan fingerprint density at radius 3 is 2.44 bits per heavy atom. The van der Waals surface area contributed by atoms with Crippen molar-refractivity contribution in [1.82, 2.24) is 9.88 Å². The van der Waals surface area contributed by atoms with Crippen molar-refractivity contribution in [3.63, 3.8) is 0 Å². The molecule has 0 aliphatic carbocycles. The number of piperidine rings is 1. The predicted octanol–water partition coefficient (Wildman–Crippen LogP) is 4.23. The summed E-state index contributed by atoms with van der Waals surface area (Å²) in [5.74, 6) is 6.70. The maximum atomic E-state index is 12.8. The Bertz CT molecular complexity index is 1490. The number of fused-ring (bicyclic) bond motifs is 1. The molecule has 0 atom stereocenters. The predicted molar refractivity (Wildman–Crippen MR) is 140 cm³/mol. The van der Waals surface area contributed by atoms with Crippen molar-refractivity contribution >= 4 is 22.6 Å². The molecule has 0 radical (unpaired) electrons. The second-order valence-electron chi connectivity index (χ2n) is 9.14. The summed E-state index contributed by atoms with van der Waals surface area (Å²) >= 11 is 5.95. The maximum Gasteiger partial charge on any atom is 0.193 e. The molecule has 2 aromatic carbocycles. The first kappa shape index (κ1) is 24.2. The molecule has 0 spiro atoms. The Hall–Kier alpha value is -3.47. The lowest BCUT2D eigenvalue weighted by Crippen LogP contribution is -2.46. The third kappa shape index (κ3) is 5.51. The quantitative estimate of drug-likeness (QED) is 0.408. The first-order chi connectivity index (χ1) is 17.4. The zero-order chi connectivity index (χ0) is 25.1. The highest BCUT2D eigenvalue weighted by Crippen LogP contribution is 2.24. The molecule has 182 valence electrons. The Labute approximate surface area is 213 Å². The van der Waals surface area contributed by atoms with Crippen molar-refractivity contribution in [2.24, 2.45) is 0 Å². The number of aromatic nitrogens is 1. The summed E-state index contributed by atoms with van der Waals surface area (Å²) in [6.45, 7) is 1.50. The van der Waals surface area contributed by atoms with Gasteiger partial charge in [-0.1, -0.05) is 35.7 Å². The van der Waals surface area contributed by atoms with Crippen LogP contribution in [0.25, 0.3) is 22.1 Å². The van der Waals surface area contributed by atoms with Gasteiger partial charge in [0.1, 0.15) is 17.0 Å². The molecule has 4 aromatic rings. The van der Waals surface area contributed by atoms with Crippen molar-refractivity contribution in [3.8, 4) is 23.0 Å². The van der Waals surface area contributed by atoms with Crippen LogP contribution >= 0.6 is 11.6 Å². The smallest absolute Gasteiger partial charge is 0.193 e. The average molecular weight is 501 g/mol. The second-order valence-corrected chi connectivity index (χ2v) is 9.57. The van der Waals surface area contributed by atoms with Crippen LogP contribution in [-0.2, 0) is 6.54 Å². The van der Waals surface area contributed by atoms with Crippen molar-refractivity contribution < 1.29 is 14.6 Å². The summed E-state index contributed by atoms with van der Waals surface area (Å²) in [4.78, 5) is 19.3. The third-order valence-electron chi connectivity index (χ3n) is 6.51. The average Bonchev–Trinajstić information content (AvgIpc) is 2.90. The lowest BCUT2D eigenvalue weighted by atomic mass is 9.92. The molecule has 2 N–H and O–H groups in total. The van der Waals surface area contributed by atoms with Crippen LogP contribution in [0.5, 0.6) is 0 Å². The summed E-state index contributed by atoms with van der Waals surface area (Å²) < 4.78 is 5.98. The summed E-state index contributed by atoms with van der Waals surface area (Å²) in [5.41, 5.74) is 2.72. The fourth-order valence-corrected chi connectivity index (χ4v) is 4.41. The molecule has 7 heteroatoms. The van der Waals surface area contributed by atoms with E-state index in [0.717, 1.165) is 11.1 Å². The monoisotopic (exact) mass is 500 g/mol. The van der Waals surface area contributed by atoms with Crippen LogP contribution in [0.15, 0.2) is 76.1 Å². The highest BCUT2D eigenvalue weighted by atomic mass is 35.5. The van der Waals surface area contributed by atoms with Crippen LogP contribution in [0.1, 0.15) is 29.9 Å². The second kappa shape index (κ2) is 10.3. The van der Waals surface area contributed by atoms with Gasteiger partial charge in [-0.2, -0.15) is 0 Å². The molecule has 0 unspecified atom stereocenters. The lowest BCUT2D eigenvalue weighted by Gasteiger charge is -2.36. The molecular weight excluding hydrogens is 476 g/mol. The summed E-state index contributed by atoms with van der Waals surface area (Å²) in [6.07, 6.45) is 2.75. The minimum atomic E-state index is -1.01. The molecule has 0 saturated carbocycles. The van der Waals surface area contributed by atoms with E-state index in [0.29, 0.717) is 65.5 Å². The van der Waals surface area contributed by atoms with Gasteiger partial charge in [-0.15, -0.1) is 0 Å². The summed E-state index contributed by atoms with van der Waals surface area (Å²) in [7, 11) is 0. The van der Waals surface area contributed by atoms with Gasteiger partial charge in [0.2, 0.25) is 0 Å². The van der Waals surface area contributed by atoms with E-state index in [-0.39, 0.29) is 12.0 Å². The fraction of sp³-hybridized carbons (Fsp3) is 0.241. The first-order valence-electron chi connectivity index (χ1n) is 11.8. The maximum absolute atomic E-state index is 12.8. The highest BCUT2D eigenvalue weighted by molar-refractivity contribution is 6.30. The number of hydrogen-bond acceptors (Lipinski definition) is 6. The van der Waals surface area contributed by atoms with E-state index in [2.05, 4.69) is 21.7 Å². The van der Waals surface area contributed by atoms with Crippen LogP contribution in [0.2, 0.25) is 5.02 Å². The highest BCUT2D eigenvalue weighted by Gasteiger charge is 2.31. The van der Waals surface area contributed by atoms with Crippen molar-refractivity contribution in [3.05, 3.63) is 99.1 Å². The van der Waals surface area contributed by atoms with Gasteiger partial charge < -0.3 is 14.6 Å². The Kier molecular flexibility index (Phi) is 6.90. The molecular formula is C29H25ClN2O4. The van der Waals surface area contributed by atoms with Gasteiger partial charge in [-0.05, 0) is 60.7 Å². The van der Waals surface area contributed by atoms with Crippen LogP contribution in [-0.4, -0.2) is 45.4 Å². The van der Waals surface area contributed by atoms with E-state index < -0.39 is 5.60 Å². The molecule has 6 nitrogen and oxygen atoms in total. The zero-order valence-electron chi connectivity index (χ0n) is 19.6. The molecule has 1 saturated heterocycles. The Balaban J connectivity index is 1.30. The molecule has 3 heterocycles. The number of nitrogens with zero attached hydrogens (tertiary/aromatic N) is 2. The molecule has 1 aliphatic heterocycles. The van der Waals surface area contributed by atoms with Crippen LogP contribution < -0.4 is 5.43 Å². The van der Waals surface area contributed by atoms with E-state index in [1.165, 1.54) is 6.07 Å². The Morgan fingerprint density at radius 1 is 1.00 bits per heavy atom. The number of benzene rings is 2. The van der Waals surface area contributed by atoms with Gasteiger partial charge in [0.15, 0.2) is 5.43 Å². The number of hydrogen-bond donors (Lipinski definition) is 2. The Morgan fingerprint density at radius 2 is 1.75 bits per heavy atom. The standard InChI is InChI=1S/C29H25ClN2O4/c30-23-6-3-21(4-7-23)22-5-9-24(31-17-22)8-1-20-2-10-28-26(15-20)27(34)16-25(36-28)18-32-13-11-29(35,19-33)12-14-32/h2-7,9-10,15-17,33,35H,11-14,18-19H2. The number of pyridine rings is 1. The van der Waals surface area contributed by atoms with Crippen molar-refractivity contribution in [2.75, 3.05) is 19.7 Å². The number of likely N-dealkylation sites (tertiary alicyclic amines) is 1. The summed E-state index contributed by atoms with van der Waals surface area (Å²) in [5, 5.41) is 20.7. The largest absolute Gasteiger partial charge is 0.459 e. The number of rotatable bonds is 4. The van der Waals surface area contributed by atoms with E-state index in [1.807, 2.05) is 42.5 Å². The minimum absolute atomic E-state index is 0.121. The molecule has 0 amide bonds. The molecule has 5 rings (SSSR count). The lowest BCUT2D eigenvalue weighted by molar-refractivity contribution is -0.0614. The molecule has 1 fully saturated rings. The number of aliphatic hydroxyl groups excluding tert-OH is 1. The molecule has 0 bridgehead atoms. The van der Waals surface area contributed by atoms with Crippen LogP contribution in [0, 0.1) is 11.8 Å². The van der Waals surface area contributed by atoms with Gasteiger partial charge >= 0.3 is 0 Å². The zero-order valence-corrected chi connectivity index (χ0v) is 20.3. The number of halogens is 1. The van der Waals surface area contributed by atoms with Gasteiger partial charge in [0.25, 0.3) is 0 Å². The minimum Gasteiger partial charge on any atom is -0.459 e. The van der Waals surface area contributed by atoms with E-state index in [4.69, 9.17) is 16.0 Å². The van der Waals surface area contributed by atoms with E-state index in [9.17, 15) is 15.0 Å². The van der Waals surface area contributed by atoms with Crippen LogP contribution in [0.3, 0.4) is 0 Å². The fourth-order valence-electron chi connectivity index (χ4n) is 4.28. The van der Waals surface area contributed by atoms with Gasteiger partial charge in [0.05, 0.1) is 24.1 Å².